The molecule has 1 saturated heterocycles. The minimum absolute atomic E-state index is 0.139. The number of aliphatic hydroxyl groups excluding tert-OH is 1. The molecule has 2 atom stereocenters. The maximum absolute atomic E-state index is 10.5. The van der Waals surface area contributed by atoms with E-state index < -0.39 is 0 Å². The van der Waals surface area contributed by atoms with Crippen LogP contribution in [0.15, 0.2) is 24.3 Å². The number of rotatable bonds is 3. The molecule has 0 radical (unpaired) electrons. The van der Waals surface area contributed by atoms with Gasteiger partial charge in [0.1, 0.15) is 0 Å². The van der Waals surface area contributed by atoms with Crippen molar-refractivity contribution in [1.82, 2.24) is 4.90 Å². The van der Waals surface area contributed by atoms with Crippen LogP contribution in [0.2, 0.25) is 0 Å². The summed E-state index contributed by atoms with van der Waals surface area (Å²) < 4.78 is 0. The van der Waals surface area contributed by atoms with E-state index in [4.69, 9.17) is 0 Å². The van der Waals surface area contributed by atoms with Crippen LogP contribution in [0.3, 0.4) is 0 Å². The Bertz CT molecular complexity index is 422. The lowest BCUT2D eigenvalue weighted by Crippen LogP contribution is -2.26. The average molecular weight is 261 g/mol. The second-order valence-corrected chi connectivity index (χ2v) is 6.90. The van der Waals surface area contributed by atoms with Gasteiger partial charge in [-0.25, -0.2) is 0 Å². The number of hydrogen-bond donors (Lipinski definition) is 1. The average Bonchev–Trinajstić information content (AvgIpc) is 2.74. The molecule has 1 aliphatic rings. The van der Waals surface area contributed by atoms with Crippen LogP contribution < -0.4 is 0 Å². The van der Waals surface area contributed by atoms with E-state index in [0.29, 0.717) is 6.04 Å². The van der Waals surface area contributed by atoms with Crippen molar-refractivity contribution in [3.05, 3.63) is 35.4 Å². The molecule has 2 heteroatoms. The molecule has 2 unspecified atom stereocenters. The predicted molar refractivity (Wildman–Crippen MR) is 80.4 cm³/mol. The Hall–Kier alpha value is -0.860. The highest BCUT2D eigenvalue weighted by atomic mass is 16.3. The third kappa shape index (κ3) is 3.58. The molecule has 0 amide bonds. The van der Waals surface area contributed by atoms with E-state index in [1.807, 2.05) is 0 Å². The van der Waals surface area contributed by atoms with Crippen molar-refractivity contribution in [2.75, 3.05) is 13.6 Å². The highest BCUT2D eigenvalue weighted by molar-refractivity contribution is 5.30. The maximum atomic E-state index is 10.5. The normalized spacial score (nSPS) is 22.7. The number of likely N-dealkylation sites (tertiary alicyclic amines) is 1. The number of nitrogens with zero attached hydrogens (tertiary/aromatic N) is 1. The molecule has 1 aromatic carbocycles. The van der Waals surface area contributed by atoms with Gasteiger partial charge in [-0.15, -0.1) is 0 Å². The van der Waals surface area contributed by atoms with E-state index >= 15 is 0 Å². The minimum atomic E-state index is -0.340. The predicted octanol–water partition coefficient (Wildman–Crippen LogP) is 3.50. The quantitative estimate of drug-likeness (QED) is 0.900. The SMILES string of the molecule is CN1CCCC1CC(O)c1cccc(C(C)(C)C)c1. The van der Waals surface area contributed by atoms with E-state index in [0.717, 1.165) is 12.0 Å². The van der Waals surface area contributed by atoms with Gasteiger partial charge in [0, 0.05) is 6.04 Å². The van der Waals surface area contributed by atoms with Crippen LogP contribution in [-0.4, -0.2) is 29.6 Å². The first kappa shape index (κ1) is 14.5. The molecule has 0 spiro atoms. The molecule has 106 valence electrons. The summed E-state index contributed by atoms with van der Waals surface area (Å²) in [6.45, 7) is 7.80. The van der Waals surface area contributed by atoms with Gasteiger partial charge in [0.2, 0.25) is 0 Å². The zero-order chi connectivity index (χ0) is 14.0. The molecular formula is C17H27NO. The summed E-state index contributed by atoms with van der Waals surface area (Å²) in [4.78, 5) is 2.37. The van der Waals surface area contributed by atoms with Crippen LogP contribution in [0.4, 0.5) is 0 Å². The Kier molecular flexibility index (Phi) is 4.32. The molecule has 0 aromatic heterocycles. The molecule has 0 bridgehead atoms. The lowest BCUT2D eigenvalue weighted by molar-refractivity contribution is 0.130. The van der Waals surface area contributed by atoms with Gasteiger partial charge in [0.05, 0.1) is 6.10 Å². The molecule has 1 N–H and O–H groups in total. The summed E-state index contributed by atoms with van der Waals surface area (Å²) in [5.74, 6) is 0. The second-order valence-electron chi connectivity index (χ2n) is 6.90. The highest BCUT2D eigenvalue weighted by Gasteiger charge is 2.24. The minimum Gasteiger partial charge on any atom is -0.388 e. The lowest BCUT2D eigenvalue weighted by atomic mass is 9.85. The van der Waals surface area contributed by atoms with Crippen LogP contribution in [0.5, 0.6) is 0 Å². The van der Waals surface area contributed by atoms with E-state index in [2.05, 4.69) is 57.0 Å². The van der Waals surface area contributed by atoms with Gasteiger partial charge in [-0.3, -0.25) is 0 Å². The summed E-state index contributed by atoms with van der Waals surface area (Å²) in [7, 11) is 2.16. The fourth-order valence-corrected chi connectivity index (χ4v) is 2.88. The van der Waals surface area contributed by atoms with E-state index in [-0.39, 0.29) is 11.5 Å². The Balaban J connectivity index is 2.08. The Morgan fingerprint density at radius 1 is 1.37 bits per heavy atom. The van der Waals surface area contributed by atoms with Crippen molar-refractivity contribution in [3.8, 4) is 0 Å². The van der Waals surface area contributed by atoms with Crippen LogP contribution in [0, 0.1) is 0 Å². The smallest absolute Gasteiger partial charge is 0.0805 e. The van der Waals surface area contributed by atoms with E-state index in [1.54, 1.807) is 0 Å². The van der Waals surface area contributed by atoms with Crippen LogP contribution in [0.25, 0.3) is 0 Å². The number of benzene rings is 1. The first-order chi connectivity index (χ1) is 8.88. The summed E-state index contributed by atoms with van der Waals surface area (Å²) in [5.41, 5.74) is 2.50. The van der Waals surface area contributed by atoms with Gasteiger partial charge in [-0.2, -0.15) is 0 Å². The first-order valence-corrected chi connectivity index (χ1v) is 7.36. The fourth-order valence-electron chi connectivity index (χ4n) is 2.88. The summed E-state index contributed by atoms with van der Waals surface area (Å²) >= 11 is 0. The molecular weight excluding hydrogens is 234 g/mol. The molecule has 1 aliphatic heterocycles. The zero-order valence-corrected chi connectivity index (χ0v) is 12.7. The zero-order valence-electron chi connectivity index (χ0n) is 12.7. The molecule has 2 nitrogen and oxygen atoms in total. The summed E-state index contributed by atoms with van der Waals surface area (Å²) in [6, 6.07) is 8.97. The van der Waals surface area contributed by atoms with Gasteiger partial charge >= 0.3 is 0 Å². The van der Waals surface area contributed by atoms with Crippen molar-refractivity contribution in [2.24, 2.45) is 0 Å². The van der Waals surface area contributed by atoms with Gasteiger partial charge in [0.15, 0.2) is 0 Å². The Morgan fingerprint density at radius 3 is 2.68 bits per heavy atom. The molecule has 1 heterocycles. The van der Waals surface area contributed by atoms with Gasteiger partial charge in [-0.05, 0) is 49.4 Å². The first-order valence-electron chi connectivity index (χ1n) is 7.36. The molecule has 1 aromatic rings. The molecule has 2 rings (SSSR count). The van der Waals surface area contributed by atoms with Crippen molar-refractivity contribution in [1.29, 1.82) is 0 Å². The van der Waals surface area contributed by atoms with Crippen molar-refractivity contribution < 1.29 is 5.11 Å². The second kappa shape index (κ2) is 5.64. The molecule has 19 heavy (non-hydrogen) atoms. The monoisotopic (exact) mass is 261 g/mol. The van der Waals surface area contributed by atoms with Crippen LogP contribution >= 0.6 is 0 Å². The standard InChI is InChI=1S/C17H27NO/c1-17(2,3)14-8-5-7-13(11-14)16(19)12-15-9-6-10-18(15)4/h5,7-8,11,15-16,19H,6,9-10,12H2,1-4H3. The number of aliphatic hydroxyl groups is 1. The van der Waals surface area contributed by atoms with Gasteiger partial charge in [0.25, 0.3) is 0 Å². The van der Waals surface area contributed by atoms with Crippen LogP contribution in [0.1, 0.15) is 57.3 Å². The highest BCUT2D eigenvalue weighted by Crippen LogP contribution is 2.29. The Morgan fingerprint density at radius 2 is 2.11 bits per heavy atom. The van der Waals surface area contributed by atoms with Gasteiger partial charge < -0.3 is 10.0 Å². The lowest BCUT2D eigenvalue weighted by Gasteiger charge is -2.24. The third-order valence-corrected chi connectivity index (χ3v) is 4.30. The van der Waals surface area contributed by atoms with E-state index in [9.17, 15) is 5.11 Å². The maximum Gasteiger partial charge on any atom is 0.0805 e. The van der Waals surface area contributed by atoms with Crippen molar-refractivity contribution in [2.45, 2.75) is 57.6 Å². The number of hydrogen-bond acceptors (Lipinski definition) is 2. The topological polar surface area (TPSA) is 23.5 Å². The van der Waals surface area contributed by atoms with Gasteiger partial charge in [-0.1, -0.05) is 45.0 Å². The summed E-state index contributed by atoms with van der Waals surface area (Å²) in [6.07, 6.45) is 2.99. The molecule has 0 aliphatic carbocycles. The molecule has 1 fully saturated rings. The van der Waals surface area contributed by atoms with Crippen LogP contribution in [-0.2, 0) is 5.41 Å². The van der Waals surface area contributed by atoms with Crippen molar-refractivity contribution >= 4 is 0 Å². The fraction of sp³-hybridized carbons (Fsp3) is 0.647. The van der Waals surface area contributed by atoms with E-state index in [1.165, 1.54) is 24.9 Å². The largest absolute Gasteiger partial charge is 0.388 e. The molecule has 0 saturated carbocycles. The summed E-state index contributed by atoms with van der Waals surface area (Å²) in [5, 5.41) is 10.5. The van der Waals surface area contributed by atoms with Crippen molar-refractivity contribution in [3.63, 3.8) is 0 Å². The Labute approximate surface area is 117 Å². The third-order valence-electron chi connectivity index (χ3n) is 4.30.